The van der Waals surface area contributed by atoms with Gasteiger partial charge in [0.25, 0.3) is 0 Å². The minimum Gasteiger partial charge on any atom is -0.382 e. The Labute approximate surface area is 103 Å². The molecular formula is C11H9ClN4O. The van der Waals surface area contributed by atoms with Crippen LogP contribution in [0.25, 0.3) is 0 Å². The SMILES string of the molecule is Nc1nccnc1C(=O)Cc1cnccc1Cl. The van der Waals surface area contributed by atoms with Gasteiger partial charge in [0.05, 0.1) is 0 Å². The van der Waals surface area contributed by atoms with Crippen molar-refractivity contribution in [3.8, 4) is 0 Å². The van der Waals surface area contributed by atoms with Crippen molar-refractivity contribution in [2.75, 3.05) is 5.73 Å². The van der Waals surface area contributed by atoms with Crippen LogP contribution >= 0.6 is 11.6 Å². The number of hydrogen-bond acceptors (Lipinski definition) is 5. The molecule has 0 amide bonds. The number of carbonyl (C=O) groups excluding carboxylic acids is 1. The molecule has 17 heavy (non-hydrogen) atoms. The Kier molecular flexibility index (Phi) is 3.30. The van der Waals surface area contributed by atoms with Gasteiger partial charge in [-0.3, -0.25) is 9.78 Å². The summed E-state index contributed by atoms with van der Waals surface area (Å²) in [6, 6.07) is 1.63. The third-order valence-corrected chi connectivity index (χ3v) is 2.55. The van der Waals surface area contributed by atoms with Crippen molar-refractivity contribution in [3.05, 3.63) is 47.1 Å². The normalized spacial score (nSPS) is 10.2. The van der Waals surface area contributed by atoms with Crippen molar-refractivity contribution >= 4 is 23.2 Å². The van der Waals surface area contributed by atoms with E-state index in [1.54, 1.807) is 18.5 Å². The number of ketones is 1. The maximum atomic E-state index is 11.9. The van der Waals surface area contributed by atoms with E-state index in [0.717, 1.165) is 0 Å². The average molecular weight is 249 g/mol. The molecule has 2 heterocycles. The summed E-state index contributed by atoms with van der Waals surface area (Å²) < 4.78 is 0. The van der Waals surface area contributed by atoms with Gasteiger partial charge in [-0.1, -0.05) is 11.6 Å². The molecule has 0 fully saturated rings. The highest BCUT2D eigenvalue weighted by Crippen LogP contribution is 2.16. The second kappa shape index (κ2) is 4.88. The molecular weight excluding hydrogens is 240 g/mol. The maximum Gasteiger partial charge on any atom is 0.189 e. The molecule has 2 aromatic rings. The van der Waals surface area contributed by atoms with Crippen LogP contribution in [0.1, 0.15) is 16.1 Å². The molecule has 2 N–H and O–H groups in total. The molecule has 0 atom stereocenters. The van der Waals surface area contributed by atoms with Crippen LogP contribution in [-0.4, -0.2) is 20.7 Å². The second-order valence-corrected chi connectivity index (χ2v) is 3.76. The molecule has 0 saturated heterocycles. The number of carbonyl (C=O) groups is 1. The highest BCUT2D eigenvalue weighted by Gasteiger charge is 2.14. The molecule has 0 spiro atoms. The summed E-state index contributed by atoms with van der Waals surface area (Å²) in [6.45, 7) is 0. The molecule has 2 rings (SSSR count). The third kappa shape index (κ3) is 2.57. The molecule has 0 unspecified atom stereocenters. The highest BCUT2D eigenvalue weighted by atomic mass is 35.5. The molecule has 0 aromatic carbocycles. The predicted octanol–water partition coefficient (Wildman–Crippen LogP) is 1.53. The number of Topliss-reactive ketones (excluding diaryl/α,β-unsaturated/α-hetero) is 1. The van der Waals surface area contributed by atoms with E-state index < -0.39 is 0 Å². The molecule has 2 aromatic heterocycles. The Balaban J connectivity index is 2.24. The lowest BCUT2D eigenvalue weighted by molar-refractivity contribution is 0.0989. The number of nitrogens with zero attached hydrogens (tertiary/aromatic N) is 3. The van der Waals surface area contributed by atoms with E-state index in [1.807, 2.05) is 0 Å². The van der Waals surface area contributed by atoms with E-state index in [2.05, 4.69) is 15.0 Å². The molecule has 86 valence electrons. The predicted molar refractivity (Wildman–Crippen MR) is 63.7 cm³/mol. The topological polar surface area (TPSA) is 81.8 Å². The van der Waals surface area contributed by atoms with E-state index in [4.69, 9.17) is 17.3 Å². The lowest BCUT2D eigenvalue weighted by Gasteiger charge is -2.03. The number of nitrogens with two attached hydrogens (primary N) is 1. The van der Waals surface area contributed by atoms with Crippen molar-refractivity contribution in [1.29, 1.82) is 0 Å². The van der Waals surface area contributed by atoms with Crippen LogP contribution in [0.2, 0.25) is 5.02 Å². The molecule has 0 aliphatic rings. The zero-order valence-electron chi connectivity index (χ0n) is 8.80. The first kappa shape index (κ1) is 11.5. The smallest absolute Gasteiger partial charge is 0.189 e. The zero-order chi connectivity index (χ0) is 12.3. The van der Waals surface area contributed by atoms with Gasteiger partial charge in [0.15, 0.2) is 11.6 Å². The minimum absolute atomic E-state index is 0.107. The van der Waals surface area contributed by atoms with Crippen LogP contribution < -0.4 is 5.73 Å². The van der Waals surface area contributed by atoms with E-state index >= 15 is 0 Å². The van der Waals surface area contributed by atoms with E-state index in [1.165, 1.54) is 12.4 Å². The minimum atomic E-state index is -0.231. The molecule has 0 radical (unpaired) electrons. The van der Waals surface area contributed by atoms with Gasteiger partial charge >= 0.3 is 0 Å². The Morgan fingerprint density at radius 3 is 2.76 bits per heavy atom. The fraction of sp³-hybridized carbons (Fsp3) is 0.0909. The Bertz CT molecular complexity index is 559. The lowest BCUT2D eigenvalue weighted by Crippen LogP contribution is -2.10. The fourth-order valence-corrected chi connectivity index (χ4v) is 1.53. The first-order valence-corrected chi connectivity index (χ1v) is 5.24. The summed E-state index contributed by atoms with van der Waals surface area (Å²) in [7, 11) is 0. The highest BCUT2D eigenvalue weighted by molar-refractivity contribution is 6.31. The zero-order valence-corrected chi connectivity index (χ0v) is 9.55. The Morgan fingerprint density at radius 2 is 2.06 bits per heavy atom. The number of aromatic nitrogens is 3. The van der Waals surface area contributed by atoms with Gasteiger partial charge < -0.3 is 5.73 Å². The largest absolute Gasteiger partial charge is 0.382 e. The summed E-state index contributed by atoms with van der Waals surface area (Å²) in [6.07, 6.45) is 6.08. The second-order valence-electron chi connectivity index (χ2n) is 3.36. The van der Waals surface area contributed by atoms with Gasteiger partial charge in [0, 0.05) is 36.2 Å². The van der Waals surface area contributed by atoms with Crippen molar-refractivity contribution < 1.29 is 4.79 Å². The first-order valence-electron chi connectivity index (χ1n) is 4.86. The molecule has 0 bridgehead atoms. The number of nitrogen functional groups attached to an aromatic ring is 1. The van der Waals surface area contributed by atoms with Gasteiger partial charge in [-0.05, 0) is 11.6 Å². The van der Waals surface area contributed by atoms with Crippen molar-refractivity contribution in [1.82, 2.24) is 15.0 Å². The van der Waals surface area contributed by atoms with Gasteiger partial charge in [-0.2, -0.15) is 0 Å². The average Bonchev–Trinajstić information content (AvgIpc) is 2.32. The summed E-state index contributed by atoms with van der Waals surface area (Å²) in [5.41, 5.74) is 6.37. The molecule has 0 aliphatic carbocycles. The monoisotopic (exact) mass is 248 g/mol. The number of pyridine rings is 1. The van der Waals surface area contributed by atoms with Gasteiger partial charge in [0.2, 0.25) is 0 Å². The standard InChI is InChI=1S/C11H9ClN4O/c12-8-1-2-14-6-7(8)5-9(17)10-11(13)16-4-3-15-10/h1-4,6H,5H2,(H2,13,16). The van der Waals surface area contributed by atoms with Crippen molar-refractivity contribution in [2.45, 2.75) is 6.42 Å². The van der Waals surface area contributed by atoms with E-state index in [-0.39, 0.29) is 23.7 Å². The molecule has 6 heteroatoms. The maximum absolute atomic E-state index is 11.9. The summed E-state index contributed by atoms with van der Waals surface area (Å²) in [4.78, 5) is 23.5. The van der Waals surface area contributed by atoms with E-state index in [0.29, 0.717) is 10.6 Å². The Morgan fingerprint density at radius 1 is 1.29 bits per heavy atom. The van der Waals surface area contributed by atoms with Crippen LogP contribution in [-0.2, 0) is 6.42 Å². The number of rotatable bonds is 3. The fourth-order valence-electron chi connectivity index (χ4n) is 1.36. The lowest BCUT2D eigenvalue weighted by atomic mass is 10.1. The number of anilines is 1. The van der Waals surface area contributed by atoms with Crippen molar-refractivity contribution in [2.24, 2.45) is 0 Å². The van der Waals surface area contributed by atoms with Gasteiger partial charge in [-0.25, -0.2) is 9.97 Å². The van der Waals surface area contributed by atoms with Gasteiger partial charge in [0.1, 0.15) is 5.69 Å². The first-order chi connectivity index (χ1) is 8.18. The molecule has 0 aliphatic heterocycles. The summed E-state index contributed by atoms with van der Waals surface area (Å²) in [5.74, 6) is -0.108. The quantitative estimate of drug-likeness (QED) is 0.833. The Hall–Kier alpha value is -2.01. The summed E-state index contributed by atoms with van der Waals surface area (Å²) >= 11 is 5.94. The summed E-state index contributed by atoms with van der Waals surface area (Å²) in [5, 5.41) is 0.496. The van der Waals surface area contributed by atoms with Crippen LogP contribution in [0.5, 0.6) is 0 Å². The van der Waals surface area contributed by atoms with E-state index in [9.17, 15) is 4.79 Å². The molecule has 5 nitrogen and oxygen atoms in total. The van der Waals surface area contributed by atoms with Crippen molar-refractivity contribution in [3.63, 3.8) is 0 Å². The molecule has 0 saturated carbocycles. The van der Waals surface area contributed by atoms with Gasteiger partial charge in [-0.15, -0.1) is 0 Å². The van der Waals surface area contributed by atoms with Crippen LogP contribution in [0.15, 0.2) is 30.9 Å². The third-order valence-electron chi connectivity index (χ3n) is 2.19. The number of hydrogen-bond donors (Lipinski definition) is 1. The van der Waals surface area contributed by atoms with Crippen LogP contribution in [0.3, 0.4) is 0 Å². The van der Waals surface area contributed by atoms with Crippen LogP contribution in [0, 0.1) is 0 Å². The van der Waals surface area contributed by atoms with Crippen LogP contribution in [0.4, 0.5) is 5.82 Å². The number of halogens is 1.